The van der Waals surface area contributed by atoms with Gasteiger partial charge >= 0.3 is 0 Å². The fourth-order valence-corrected chi connectivity index (χ4v) is 2.25. The van der Waals surface area contributed by atoms with Crippen LogP contribution in [-0.2, 0) is 11.8 Å². The summed E-state index contributed by atoms with van der Waals surface area (Å²) in [7, 11) is 1.84. The van der Waals surface area contributed by atoms with E-state index < -0.39 is 6.10 Å². The van der Waals surface area contributed by atoms with Crippen LogP contribution in [0.5, 0.6) is 5.75 Å². The summed E-state index contributed by atoms with van der Waals surface area (Å²) in [5.41, 5.74) is 0. The van der Waals surface area contributed by atoms with E-state index in [1.165, 1.54) is 11.3 Å². The smallest absolute Gasteiger partial charge is 0.289 e. The molecule has 0 fully saturated rings. The molecule has 4 nitrogen and oxygen atoms in total. The van der Waals surface area contributed by atoms with Gasteiger partial charge in [-0.05, 0) is 31.2 Å². The van der Waals surface area contributed by atoms with E-state index in [1.54, 1.807) is 35.8 Å². The van der Waals surface area contributed by atoms with E-state index in [1.807, 2.05) is 18.6 Å². The van der Waals surface area contributed by atoms with Crippen molar-refractivity contribution in [1.29, 1.82) is 0 Å². The van der Waals surface area contributed by atoms with E-state index >= 15 is 0 Å². The van der Waals surface area contributed by atoms with Crippen molar-refractivity contribution < 1.29 is 9.53 Å². The predicted octanol–water partition coefficient (Wildman–Crippen LogP) is 2.63. The molecule has 1 amide bonds. The third-order valence-corrected chi connectivity index (χ3v) is 3.54. The van der Waals surface area contributed by atoms with E-state index in [2.05, 4.69) is 4.99 Å². The van der Waals surface area contributed by atoms with Crippen molar-refractivity contribution in [2.24, 2.45) is 12.0 Å². The largest absolute Gasteiger partial charge is 0.481 e. The Bertz CT molecular complexity index is 631. The highest BCUT2D eigenvalue weighted by atomic mass is 35.5. The van der Waals surface area contributed by atoms with Crippen molar-refractivity contribution in [3.05, 3.63) is 45.7 Å². The molecule has 2 aromatic rings. The molecule has 1 aromatic heterocycles. The third kappa shape index (κ3) is 3.68. The van der Waals surface area contributed by atoms with E-state index in [0.717, 1.165) is 0 Å². The summed E-state index contributed by atoms with van der Waals surface area (Å²) >= 11 is 7.19. The number of hydrogen-bond donors (Lipinski definition) is 0. The number of amides is 1. The van der Waals surface area contributed by atoms with Crippen LogP contribution in [0.15, 0.2) is 40.8 Å². The molecule has 1 atom stereocenters. The highest BCUT2D eigenvalue weighted by Gasteiger charge is 2.13. The minimum absolute atomic E-state index is 0.312. The average molecular weight is 297 g/mol. The Morgan fingerprint density at radius 2 is 2.11 bits per heavy atom. The number of halogens is 1. The summed E-state index contributed by atoms with van der Waals surface area (Å²) in [5, 5.41) is 2.50. The first kappa shape index (κ1) is 13.8. The van der Waals surface area contributed by atoms with Gasteiger partial charge in [0.15, 0.2) is 10.9 Å². The molecule has 2 rings (SSSR count). The maximum Gasteiger partial charge on any atom is 0.289 e. The summed E-state index contributed by atoms with van der Waals surface area (Å²) < 4.78 is 7.30. The molecule has 0 aliphatic heterocycles. The van der Waals surface area contributed by atoms with Crippen molar-refractivity contribution in [2.45, 2.75) is 13.0 Å². The summed E-state index contributed by atoms with van der Waals surface area (Å²) in [5.74, 6) is 0.281. The number of ether oxygens (including phenoxy) is 1. The quantitative estimate of drug-likeness (QED) is 0.874. The number of aromatic nitrogens is 1. The van der Waals surface area contributed by atoms with Crippen molar-refractivity contribution in [2.75, 3.05) is 0 Å². The number of nitrogens with zero attached hydrogens (tertiary/aromatic N) is 2. The van der Waals surface area contributed by atoms with Gasteiger partial charge in [-0.1, -0.05) is 11.6 Å². The summed E-state index contributed by atoms with van der Waals surface area (Å²) in [4.78, 5) is 16.6. The number of carbonyl (C=O) groups excluding carboxylic acids is 1. The third-order valence-electron chi connectivity index (χ3n) is 2.44. The van der Waals surface area contributed by atoms with Crippen LogP contribution < -0.4 is 9.54 Å². The number of hydrogen-bond acceptors (Lipinski definition) is 3. The molecule has 0 spiro atoms. The zero-order valence-electron chi connectivity index (χ0n) is 10.5. The topological polar surface area (TPSA) is 43.6 Å². The van der Waals surface area contributed by atoms with Crippen LogP contribution in [0.2, 0.25) is 5.02 Å². The van der Waals surface area contributed by atoms with Crippen molar-refractivity contribution >= 4 is 28.8 Å². The van der Waals surface area contributed by atoms with Gasteiger partial charge in [0.25, 0.3) is 5.91 Å². The molecular weight excluding hydrogens is 284 g/mol. The Morgan fingerprint density at radius 3 is 2.68 bits per heavy atom. The van der Waals surface area contributed by atoms with Crippen LogP contribution in [0.3, 0.4) is 0 Å². The lowest BCUT2D eigenvalue weighted by Crippen LogP contribution is -2.25. The Hall–Kier alpha value is -1.59. The van der Waals surface area contributed by atoms with Gasteiger partial charge in [0.05, 0.1) is 0 Å². The zero-order valence-corrected chi connectivity index (χ0v) is 12.1. The first-order valence-corrected chi connectivity index (χ1v) is 6.93. The molecule has 0 saturated heterocycles. The number of thiazole rings is 1. The number of aryl methyl sites for hydroxylation is 1. The normalized spacial score (nSPS) is 13.3. The van der Waals surface area contributed by atoms with Gasteiger partial charge in [0.1, 0.15) is 5.75 Å². The van der Waals surface area contributed by atoms with Gasteiger partial charge in [-0.2, -0.15) is 4.99 Å². The van der Waals surface area contributed by atoms with Crippen molar-refractivity contribution in [3.63, 3.8) is 0 Å². The lowest BCUT2D eigenvalue weighted by molar-refractivity contribution is -0.124. The molecule has 100 valence electrons. The molecule has 0 aliphatic rings. The fourth-order valence-electron chi connectivity index (χ4n) is 1.39. The highest BCUT2D eigenvalue weighted by molar-refractivity contribution is 7.07. The maximum atomic E-state index is 11.9. The second kappa shape index (κ2) is 6.04. The summed E-state index contributed by atoms with van der Waals surface area (Å²) in [6.45, 7) is 1.67. The Kier molecular flexibility index (Phi) is 4.39. The lowest BCUT2D eigenvalue weighted by atomic mass is 10.3. The molecule has 19 heavy (non-hydrogen) atoms. The summed E-state index contributed by atoms with van der Waals surface area (Å²) in [6.07, 6.45) is 1.21. The van der Waals surface area contributed by atoms with Gasteiger partial charge in [-0.15, -0.1) is 11.3 Å². The van der Waals surface area contributed by atoms with E-state index in [9.17, 15) is 4.79 Å². The molecule has 6 heteroatoms. The van der Waals surface area contributed by atoms with Gasteiger partial charge in [0, 0.05) is 23.6 Å². The molecule has 1 aromatic carbocycles. The predicted molar refractivity (Wildman–Crippen MR) is 75.4 cm³/mol. The van der Waals surface area contributed by atoms with Crippen molar-refractivity contribution in [3.8, 4) is 5.75 Å². The van der Waals surface area contributed by atoms with Crippen LogP contribution in [0.1, 0.15) is 6.92 Å². The second-order valence-electron chi connectivity index (χ2n) is 3.96. The Morgan fingerprint density at radius 1 is 1.42 bits per heavy atom. The summed E-state index contributed by atoms with van der Waals surface area (Å²) in [6, 6.07) is 6.86. The molecule has 0 aliphatic carbocycles. The first-order valence-electron chi connectivity index (χ1n) is 5.67. The molecule has 1 heterocycles. The van der Waals surface area contributed by atoms with E-state index in [-0.39, 0.29) is 5.91 Å². The number of benzene rings is 1. The molecule has 1 unspecified atom stereocenters. The number of rotatable bonds is 3. The molecule has 0 saturated carbocycles. The van der Waals surface area contributed by atoms with Crippen LogP contribution in [-0.4, -0.2) is 16.6 Å². The van der Waals surface area contributed by atoms with Crippen LogP contribution in [0.25, 0.3) is 0 Å². The van der Waals surface area contributed by atoms with Crippen molar-refractivity contribution in [1.82, 2.24) is 4.57 Å². The molecule has 0 N–H and O–H groups in total. The SMILES string of the molecule is CC(Oc1ccc(Cl)cc1)C(=O)N=c1sccn1C. The monoisotopic (exact) mass is 296 g/mol. The van der Waals surface area contributed by atoms with E-state index in [0.29, 0.717) is 15.6 Å². The molecule has 0 radical (unpaired) electrons. The van der Waals surface area contributed by atoms with Crippen LogP contribution in [0, 0.1) is 0 Å². The number of carbonyl (C=O) groups is 1. The average Bonchev–Trinajstić information content (AvgIpc) is 2.78. The molecule has 0 bridgehead atoms. The van der Waals surface area contributed by atoms with Crippen LogP contribution in [0.4, 0.5) is 0 Å². The standard InChI is InChI=1S/C13H13ClN2O2S/c1-9(18-11-5-3-10(14)4-6-11)12(17)15-13-16(2)7-8-19-13/h3-9H,1-2H3. The fraction of sp³-hybridized carbons (Fsp3) is 0.231. The minimum atomic E-state index is -0.636. The maximum absolute atomic E-state index is 11.9. The minimum Gasteiger partial charge on any atom is -0.481 e. The van der Waals surface area contributed by atoms with E-state index in [4.69, 9.17) is 16.3 Å². The van der Waals surface area contributed by atoms with Crippen LogP contribution >= 0.6 is 22.9 Å². The van der Waals surface area contributed by atoms with Gasteiger partial charge < -0.3 is 9.30 Å². The Labute approximate surface area is 119 Å². The Balaban J connectivity index is 2.08. The molecular formula is C13H13ClN2O2S. The zero-order chi connectivity index (χ0) is 13.8. The van der Waals surface area contributed by atoms with Gasteiger partial charge in [0.2, 0.25) is 0 Å². The second-order valence-corrected chi connectivity index (χ2v) is 5.27. The highest BCUT2D eigenvalue weighted by Crippen LogP contribution is 2.16. The lowest BCUT2D eigenvalue weighted by Gasteiger charge is -2.10. The first-order chi connectivity index (χ1) is 9.06. The van der Waals surface area contributed by atoms with Gasteiger partial charge in [-0.3, -0.25) is 4.79 Å². The van der Waals surface area contributed by atoms with Gasteiger partial charge in [-0.25, -0.2) is 0 Å².